The molecule has 5 heteroatoms. The average molecular weight is 475 g/mol. The third kappa shape index (κ3) is 3.34. The van der Waals surface area contributed by atoms with Crippen molar-refractivity contribution in [3.05, 3.63) is 107 Å². The zero-order valence-electron chi connectivity index (χ0n) is 20.8. The van der Waals surface area contributed by atoms with Crippen LogP contribution in [0.2, 0.25) is 0 Å². The summed E-state index contributed by atoms with van der Waals surface area (Å²) in [6, 6.07) is 26.7. The van der Waals surface area contributed by atoms with Gasteiger partial charge in [-0.15, -0.1) is 0 Å². The zero-order chi connectivity index (χ0) is 24.2. The van der Waals surface area contributed by atoms with Crippen LogP contribution in [0.4, 0.5) is 0 Å². The van der Waals surface area contributed by atoms with Gasteiger partial charge >= 0.3 is 0 Å². The first-order chi connectivity index (χ1) is 17.7. The standard InChI is InChI=1S/C31H30N4O/c1-21(23-9-5-3-6-10-23)33-17-25-15-26-18-34(22(2)24-11-7-4-8-12-24)20-36-31(26)29-27-13-14-32-16-28(27)35(19-33)30(25)29/h3-16,21-22H,17-20H2,1-2H3. The SMILES string of the molecule is CC(c1ccccc1)N1COc2c(cc3c4c2c2ccncc2n4CN(C(C)c2ccccc2)C3)C1. The maximum Gasteiger partial charge on any atom is 0.142 e. The fourth-order valence-electron chi connectivity index (χ4n) is 6.07. The highest BCUT2D eigenvalue weighted by Crippen LogP contribution is 2.45. The van der Waals surface area contributed by atoms with E-state index in [9.17, 15) is 0 Å². The fourth-order valence-corrected chi connectivity index (χ4v) is 6.07. The van der Waals surface area contributed by atoms with Crippen molar-refractivity contribution in [3.8, 4) is 5.75 Å². The first kappa shape index (κ1) is 21.6. The molecule has 5 aromatic rings. The van der Waals surface area contributed by atoms with E-state index in [-0.39, 0.29) is 6.04 Å². The first-order valence-electron chi connectivity index (χ1n) is 12.8. The van der Waals surface area contributed by atoms with E-state index in [1.54, 1.807) is 0 Å². The van der Waals surface area contributed by atoms with Gasteiger partial charge in [-0.1, -0.05) is 60.7 Å². The van der Waals surface area contributed by atoms with Gasteiger partial charge in [-0.2, -0.15) is 0 Å². The van der Waals surface area contributed by atoms with Crippen LogP contribution in [0.3, 0.4) is 0 Å². The molecule has 0 saturated carbocycles. The quantitative estimate of drug-likeness (QED) is 0.292. The van der Waals surface area contributed by atoms with E-state index >= 15 is 0 Å². The fraction of sp³-hybridized carbons (Fsp3) is 0.258. The average Bonchev–Trinajstić information content (AvgIpc) is 3.28. The van der Waals surface area contributed by atoms with Crippen LogP contribution >= 0.6 is 0 Å². The summed E-state index contributed by atoms with van der Waals surface area (Å²) in [5.74, 6) is 1.05. The Morgan fingerprint density at radius 1 is 0.806 bits per heavy atom. The van der Waals surface area contributed by atoms with E-state index in [1.807, 2.05) is 12.4 Å². The Labute approximate surface area is 211 Å². The lowest BCUT2D eigenvalue weighted by atomic mass is 9.98. The minimum atomic E-state index is 0.284. The number of aromatic nitrogens is 2. The van der Waals surface area contributed by atoms with Crippen molar-refractivity contribution in [1.82, 2.24) is 19.4 Å². The minimum absolute atomic E-state index is 0.284. The maximum atomic E-state index is 6.56. The molecule has 180 valence electrons. The monoisotopic (exact) mass is 474 g/mol. The molecule has 2 aliphatic rings. The van der Waals surface area contributed by atoms with Gasteiger partial charge in [0, 0.05) is 42.3 Å². The van der Waals surface area contributed by atoms with Gasteiger partial charge in [0.25, 0.3) is 0 Å². The van der Waals surface area contributed by atoms with E-state index in [4.69, 9.17) is 4.74 Å². The summed E-state index contributed by atoms with van der Waals surface area (Å²) in [5.41, 5.74) is 7.78. The van der Waals surface area contributed by atoms with Crippen molar-refractivity contribution in [2.24, 2.45) is 0 Å². The smallest absolute Gasteiger partial charge is 0.142 e. The van der Waals surface area contributed by atoms with Crippen LogP contribution in [-0.4, -0.2) is 26.1 Å². The molecule has 0 aliphatic carbocycles. The van der Waals surface area contributed by atoms with Crippen LogP contribution in [0.25, 0.3) is 21.8 Å². The molecular formula is C31H30N4O. The second-order valence-electron chi connectivity index (χ2n) is 10.2. The summed E-state index contributed by atoms with van der Waals surface area (Å²) in [5, 5.41) is 2.48. The second-order valence-corrected chi connectivity index (χ2v) is 10.2. The first-order valence-corrected chi connectivity index (χ1v) is 12.8. The van der Waals surface area contributed by atoms with Crippen molar-refractivity contribution in [1.29, 1.82) is 0 Å². The van der Waals surface area contributed by atoms with E-state index in [1.165, 1.54) is 44.1 Å². The number of nitrogens with zero attached hydrogens (tertiary/aromatic N) is 4. The van der Waals surface area contributed by atoms with Crippen LogP contribution in [0, 0.1) is 0 Å². The van der Waals surface area contributed by atoms with E-state index in [0.717, 1.165) is 25.5 Å². The number of pyridine rings is 1. The normalized spacial score (nSPS) is 17.6. The molecule has 36 heavy (non-hydrogen) atoms. The second kappa shape index (κ2) is 8.47. The summed E-state index contributed by atoms with van der Waals surface area (Å²) in [6.07, 6.45) is 3.91. The van der Waals surface area contributed by atoms with Crippen LogP contribution in [0.1, 0.15) is 48.2 Å². The maximum absolute atomic E-state index is 6.56. The van der Waals surface area contributed by atoms with Crippen molar-refractivity contribution < 1.29 is 4.74 Å². The van der Waals surface area contributed by atoms with Gasteiger partial charge < -0.3 is 9.30 Å². The van der Waals surface area contributed by atoms with Crippen LogP contribution in [-0.2, 0) is 19.8 Å². The van der Waals surface area contributed by atoms with E-state index in [0.29, 0.717) is 12.8 Å². The van der Waals surface area contributed by atoms with Gasteiger partial charge in [0.1, 0.15) is 12.5 Å². The molecule has 3 aromatic carbocycles. The molecular weight excluding hydrogens is 444 g/mol. The molecule has 2 aromatic heterocycles. The number of rotatable bonds is 4. The highest BCUT2D eigenvalue weighted by molar-refractivity contribution is 6.12. The third-order valence-electron chi connectivity index (χ3n) is 8.14. The van der Waals surface area contributed by atoms with Gasteiger partial charge in [-0.25, -0.2) is 0 Å². The number of hydrogen-bond donors (Lipinski definition) is 0. The highest BCUT2D eigenvalue weighted by atomic mass is 16.5. The molecule has 2 atom stereocenters. The summed E-state index contributed by atoms with van der Waals surface area (Å²) >= 11 is 0. The Morgan fingerprint density at radius 2 is 1.47 bits per heavy atom. The summed E-state index contributed by atoms with van der Waals surface area (Å²) in [6.45, 7) is 7.80. The Balaban J connectivity index is 1.34. The highest BCUT2D eigenvalue weighted by Gasteiger charge is 2.32. The molecule has 0 saturated heterocycles. The number of hydrogen-bond acceptors (Lipinski definition) is 4. The molecule has 4 heterocycles. The van der Waals surface area contributed by atoms with Gasteiger partial charge in [-0.05, 0) is 42.7 Å². The Bertz CT molecular complexity index is 1560. The molecule has 5 nitrogen and oxygen atoms in total. The molecule has 0 spiro atoms. The molecule has 0 amide bonds. The van der Waals surface area contributed by atoms with Gasteiger partial charge in [0.2, 0.25) is 0 Å². The van der Waals surface area contributed by atoms with Gasteiger partial charge in [-0.3, -0.25) is 14.8 Å². The lowest BCUT2D eigenvalue weighted by Gasteiger charge is -2.37. The Morgan fingerprint density at radius 3 is 2.19 bits per heavy atom. The third-order valence-corrected chi connectivity index (χ3v) is 8.14. The topological polar surface area (TPSA) is 33.5 Å². The Kier molecular flexibility index (Phi) is 5.08. The van der Waals surface area contributed by atoms with Crippen molar-refractivity contribution in [3.63, 3.8) is 0 Å². The molecule has 2 aliphatic heterocycles. The molecule has 0 bridgehead atoms. The van der Waals surface area contributed by atoms with Crippen LogP contribution in [0.15, 0.2) is 85.2 Å². The van der Waals surface area contributed by atoms with Crippen LogP contribution in [0.5, 0.6) is 5.75 Å². The van der Waals surface area contributed by atoms with Crippen molar-refractivity contribution >= 4 is 21.8 Å². The molecule has 7 rings (SSSR count). The van der Waals surface area contributed by atoms with Gasteiger partial charge in [0.15, 0.2) is 0 Å². The van der Waals surface area contributed by atoms with Gasteiger partial charge in [0.05, 0.1) is 29.3 Å². The molecule has 0 fully saturated rings. The lowest BCUT2D eigenvalue weighted by Crippen LogP contribution is -2.35. The number of benzene rings is 3. The minimum Gasteiger partial charge on any atom is -0.477 e. The summed E-state index contributed by atoms with van der Waals surface area (Å²) < 4.78 is 9.00. The van der Waals surface area contributed by atoms with Crippen LogP contribution < -0.4 is 4.74 Å². The lowest BCUT2D eigenvalue weighted by molar-refractivity contribution is 0.0629. The van der Waals surface area contributed by atoms with E-state index in [2.05, 4.69) is 106 Å². The van der Waals surface area contributed by atoms with Crippen molar-refractivity contribution in [2.75, 3.05) is 6.73 Å². The summed E-state index contributed by atoms with van der Waals surface area (Å²) in [4.78, 5) is 9.47. The molecule has 2 unspecified atom stereocenters. The number of fused-ring (bicyclic) bond motifs is 5. The predicted molar refractivity (Wildman–Crippen MR) is 144 cm³/mol. The largest absolute Gasteiger partial charge is 0.477 e. The summed E-state index contributed by atoms with van der Waals surface area (Å²) in [7, 11) is 0. The predicted octanol–water partition coefficient (Wildman–Crippen LogP) is 6.64. The molecule has 0 radical (unpaired) electrons. The number of ether oxygens (including phenoxy) is 1. The van der Waals surface area contributed by atoms with E-state index < -0.39 is 0 Å². The Hall–Kier alpha value is -3.67. The zero-order valence-corrected chi connectivity index (χ0v) is 20.8. The van der Waals surface area contributed by atoms with Crippen molar-refractivity contribution in [2.45, 2.75) is 45.7 Å². The molecule has 0 N–H and O–H groups in total.